The zero-order valence-electron chi connectivity index (χ0n) is 7.32. The zero-order valence-corrected chi connectivity index (χ0v) is 8.07. The van der Waals surface area contributed by atoms with Crippen molar-refractivity contribution in [1.29, 1.82) is 0 Å². The van der Waals surface area contributed by atoms with Crippen LogP contribution in [-0.2, 0) is 11.3 Å². The molecule has 72 valence electrons. The van der Waals surface area contributed by atoms with Crippen LogP contribution < -0.4 is 0 Å². The van der Waals surface area contributed by atoms with Crippen LogP contribution in [0.3, 0.4) is 0 Å². The molecule has 1 fully saturated rings. The molecule has 0 radical (unpaired) electrons. The van der Waals surface area contributed by atoms with Crippen molar-refractivity contribution in [3.63, 3.8) is 0 Å². The molecule has 1 saturated heterocycles. The van der Waals surface area contributed by atoms with Gasteiger partial charge in [0.05, 0.1) is 12.6 Å². The normalized spacial score (nSPS) is 23.3. The Labute approximate surface area is 81.9 Å². The summed E-state index contributed by atoms with van der Waals surface area (Å²) < 4.78 is 7.39. The molecule has 4 nitrogen and oxygen atoms in total. The van der Waals surface area contributed by atoms with Crippen LogP contribution in [0.4, 0.5) is 0 Å². The molecular weight excluding hydrogens is 190 g/mol. The molecule has 1 aromatic heterocycles. The van der Waals surface area contributed by atoms with E-state index in [2.05, 4.69) is 10.2 Å². The monoisotopic (exact) mass is 201 g/mol. The predicted molar refractivity (Wildman–Crippen MR) is 48.6 cm³/mol. The SMILES string of the molecule is Clc1nncn1CC1CCCCO1. The molecule has 0 N–H and O–H groups in total. The highest BCUT2D eigenvalue weighted by molar-refractivity contribution is 6.28. The van der Waals surface area contributed by atoms with E-state index in [0.29, 0.717) is 5.28 Å². The fourth-order valence-electron chi connectivity index (χ4n) is 1.53. The van der Waals surface area contributed by atoms with Gasteiger partial charge >= 0.3 is 0 Å². The maximum atomic E-state index is 5.79. The van der Waals surface area contributed by atoms with Crippen LogP contribution in [0.2, 0.25) is 5.28 Å². The largest absolute Gasteiger partial charge is 0.376 e. The van der Waals surface area contributed by atoms with Gasteiger partial charge in [0.2, 0.25) is 5.28 Å². The molecule has 2 heterocycles. The highest BCUT2D eigenvalue weighted by Crippen LogP contribution is 2.15. The lowest BCUT2D eigenvalue weighted by Gasteiger charge is -2.22. The van der Waals surface area contributed by atoms with E-state index in [0.717, 1.165) is 19.6 Å². The lowest BCUT2D eigenvalue weighted by atomic mass is 10.1. The summed E-state index contributed by atoms with van der Waals surface area (Å²) in [6, 6.07) is 0. The second-order valence-electron chi connectivity index (χ2n) is 3.24. The quantitative estimate of drug-likeness (QED) is 0.728. The third-order valence-electron chi connectivity index (χ3n) is 2.24. The first-order valence-electron chi connectivity index (χ1n) is 4.51. The Hall–Kier alpha value is -0.610. The molecule has 1 aromatic rings. The fraction of sp³-hybridized carbons (Fsp3) is 0.750. The first-order chi connectivity index (χ1) is 6.36. The van der Waals surface area contributed by atoms with Gasteiger partial charge in [-0.15, -0.1) is 10.2 Å². The van der Waals surface area contributed by atoms with E-state index in [1.807, 2.05) is 4.57 Å². The molecule has 1 unspecified atom stereocenters. The summed E-state index contributed by atoms with van der Waals surface area (Å²) in [5.41, 5.74) is 0. The van der Waals surface area contributed by atoms with Crippen molar-refractivity contribution in [3.8, 4) is 0 Å². The van der Waals surface area contributed by atoms with Crippen LogP contribution in [0.25, 0.3) is 0 Å². The molecule has 0 saturated carbocycles. The van der Waals surface area contributed by atoms with Crippen LogP contribution in [0.5, 0.6) is 0 Å². The average Bonchev–Trinajstić information content (AvgIpc) is 2.54. The van der Waals surface area contributed by atoms with Gasteiger partial charge in [-0.05, 0) is 30.9 Å². The summed E-state index contributed by atoms with van der Waals surface area (Å²) >= 11 is 5.79. The molecule has 0 bridgehead atoms. The predicted octanol–water partition coefficient (Wildman–Crippen LogP) is 1.50. The van der Waals surface area contributed by atoms with E-state index in [1.165, 1.54) is 12.8 Å². The van der Waals surface area contributed by atoms with Crippen LogP contribution >= 0.6 is 11.6 Å². The second-order valence-corrected chi connectivity index (χ2v) is 3.58. The fourth-order valence-corrected chi connectivity index (χ4v) is 1.69. The molecule has 2 rings (SSSR count). The molecular formula is C8H12ClN3O. The minimum Gasteiger partial charge on any atom is -0.376 e. The lowest BCUT2D eigenvalue weighted by molar-refractivity contribution is 0.00596. The number of hydrogen-bond donors (Lipinski definition) is 0. The lowest BCUT2D eigenvalue weighted by Crippen LogP contribution is -2.24. The van der Waals surface area contributed by atoms with E-state index in [9.17, 15) is 0 Å². The molecule has 0 aromatic carbocycles. The Morgan fingerprint density at radius 1 is 1.62 bits per heavy atom. The number of halogens is 1. The summed E-state index contributed by atoms with van der Waals surface area (Å²) in [6.45, 7) is 1.64. The summed E-state index contributed by atoms with van der Waals surface area (Å²) in [6.07, 6.45) is 5.44. The molecule has 1 aliphatic rings. The summed E-state index contributed by atoms with van der Waals surface area (Å²) in [4.78, 5) is 0. The van der Waals surface area contributed by atoms with Crippen molar-refractivity contribution in [1.82, 2.24) is 14.8 Å². The van der Waals surface area contributed by atoms with E-state index >= 15 is 0 Å². The minimum absolute atomic E-state index is 0.280. The van der Waals surface area contributed by atoms with Gasteiger partial charge in [0.1, 0.15) is 6.33 Å². The van der Waals surface area contributed by atoms with Crippen molar-refractivity contribution in [3.05, 3.63) is 11.6 Å². The van der Waals surface area contributed by atoms with E-state index in [4.69, 9.17) is 16.3 Å². The molecule has 0 aliphatic carbocycles. The van der Waals surface area contributed by atoms with Gasteiger partial charge in [0.25, 0.3) is 0 Å². The molecule has 5 heteroatoms. The van der Waals surface area contributed by atoms with Gasteiger partial charge < -0.3 is 9.30 Å². The zero-order chi connectivity index (χ0) is 9.10. The van der Waals surface area contributed by atoms with Gasteiger partial charge in [-0.1, -0.05) is 0 Å². The van der Waals surface area contributed by atoms with Gasteiger partial charge in [-0.3, -0.25) is 0 Å². The Kier molecular flexibility index (Phi) is 2.80. The van der Waals surface area contributed by atoms with E-state index in [1.54, 1.807) is 6.33 Å². The highest BCUT2D eigenvalue weighted by Gasteiger charge is 2.15. The van der Waals surface area contributed by atoms with Crippen molar-refractivity contribution in [2.24, 2.45) is 0 Å². The summed E-state index contributed by atoms with van der Waals surface area (Å²) in [7, 11) is 0. The Balaban J connectivity index is 1.93. The number of ether oxygens (including phenoxy) is 1. The van der Waals surface area contributed by atoms with Crippen LogP contribution in [0.1, 0.15) is 19.3 Å². The van der Waals surface area contributed by atoms with E-state index < -0.39 is 0 Å². The van der Waals surface area contributed by atoms with Crippen molar-refractivity contribution in [2.75, 3.05) is 6.61 Å². The smallest absolute Gasteiger partial charge is 0.224 e. The van der Waals surface area contributed by atoms with Crippen molar-refractivity contribution >= 4 is 11.6 Å². The average molecular weight is 202 g/mol. The first-order valence-corrected chi connectivity index (χ1v) is 4.89. The number of hydrogen-bond acceptors (Lipinski definition) is 3. The first kappa shape index (κ1) is 8.97. The summed E-state index contributed by atoms with van der Waals surface area (Å²) in [5, 5.41) is 7.86. The third kappa shape index (κ3) is 2.19. The van der Waals surface area contributed by atoms with Crippen LogP contribution in [0.15, 0.2) is 6.33 Å². The maximum absolute atomic E-state index is 5.79. The van der Waals surface area contributed by atoms with Crippen molar-refractivity contribution in [2.45, 2.75) is 31.9 Å². The Morgan fingerprint density at radius 2 is 2.54 bits per heavy atom. The standard InChI is InChI=1S/C8H12ClN3O/c9-8-11-10-6-12(8)5-7-3-1-2-4-13-7/h6-7H,1-5H2. The maximum Gasteiger partial charge on any atom is 0.224 e. The number of nitrogens with zero attached hydrogens (tertiary/aromatic N) is 3. The Morgan fingerprint density at radius 3 is 3.15 bits per heavy atom. The van der Waals surface area contributed by atoms with Gasteiger partial charge in [-0.25, -0.2) is 0 Å². The molecule has 13 heavy (non-hydrogen) atoms. The van der Waals surface area contributed by atoms with Crippen molar-refractivity contribution < 1.29 is 4.74 Å². The highest BCUT2D eigenvalue weighted by atomic mass is 35.5. The molecule has 0 amide bonds. The molecule has 1 aliphatic heterocycles. The van der Waals surface area contributed by atoms with Gasteiger partial charge in [-0.2, -0.15) is 0 Å². The molecule has 0 spiro atoms. The number of aromatic nitrogens is 3. The second kappa shape index (κ2) is 4.07. The van der Waals surface area contributed by atoms with Crippen LogP contribution in [-0.4, -0.2) is 27.5 Å². The topological polar surface area (TPSA) is 39.9 Å². The summed E-state index contributed by atoms with van der Waals surface area (Å²) in [5.74, 6) is 0. The van der Waals surface area contributed by atoms with E-state index in [-0.39, 0.29) is 6.10 Å². The van der Waals surface area contributed by atoms with Gasteiger partial charge in [0.15, 0.2) is 0 Å². The third-order valence-corrected chi connectivity index (χ3v) is 2.54. The van der Waals surface area contributed by atoms with Crippen LogP contribution in [0, 0.1) is 0 Å². The Bertz CT molecular complexity index is 270. The minimum atomic E-state index is 0.280. The molecule has 1 atom stereocenters. The number of rotatable bonds is 2. The van der Waals surface area contributed by atoms with Gasteiger partial charge in [0, 0.05) is 6.61 Å².